The van der Waals surface area contributed by atoms with Crippen molar-refractivity contribution in [3.05, 3.63) is 39.9 Å². The van der Waals surface area contributed by atoms with Crippen molar-refractivity contribution in [1.82, 2.24) is 4.98 Å². The summed E-state index contributed by atoms with van der Waals surface area (Å²) in [6.07, 6.45) is 0. The van der Waals surface area contributed by atoms with Crippen LogP contribution in [0.1, 0.15) is 18.2 Å². The second-order valence-electron chi connectivity index (χ2n) is 4.56. The molecule has 1 atom stereocenters. The normalized spacial score (nSPS) is 12.0. The molecule has 1 amide bonds. The largest absolute Gasteiger partial charge is 0.374 e. The Balaban J connectivity index is 2.02. The van der Waals surface area contributed by atoms with E-state index in [1.807, 2.05) is 37.4 Å². The molecule has 2 aromatic rings. The zero-order chi connectivity index (χ0) is 14.7. The summed E-state index contributed by atoms with van der Waals surface area (Å²) in [4.78, 5) is 16.3. The number of anilines is 2. The zero-order valence-corrected chi connectivity index (χ0v) is 13.1. The second-order valence-corrected chi connectivity index (χ2v) is 5.83. The third kappa shape index (κ3) is 3.49. The molecule has 2 N–H and O–H groups in total. The molecule has 4 nitrogen and oxygen atoms in total. The molecule has 6 heteroatoms. The van der Waals surface area contributed by atoms with Crippen LogP contribution in [0, 0.1) is 13.8 Å². The van der Waals surface area contributed by atoms with Crippen molar-refractivity contribution in [3.8, 4) is 0 Å². The molecular formula is C14H16ClN3OS. The summed E-state index contributed by atoms with van der Waals surface area (Å²) in [7, 11) is 0. The van der Waals surface area contributed by atoms with E-state index in [2.05, 4.69) is 15.6 Å². The highest BCUT2D eigenvalue weighted by molar-refractivity contribution is 7.13. The Bertz CT molecular complexity index is 627. The molecule has 0 unspecified atom stereocenters. The maximum Gasteiger partial charge on any atom is 0.248 e. The highest BCUT2D eigenvalue weighted by Gasteiger charge is 2.15. The number of hydrogen-bond acceptors (Lipinski definition) is 4. The van der Waals surface area contributed by atoms with Crippen molar-refractivity contribution in [2.75, 3.05) is 10.6 Å². The smallest absolute Gasteiger partial charge is 0.248 e. The number of aromatic nitrogens is 1. The van der Waals surface area contributed by atoms with Crippen LogP contribution in [0.15, 0.2) is 23.6 Å². The van der Waals surface area contributed by atoms with Gasteiger partial charge in [0.25, 0.3) is 0 Å². The summed E-state index contributed by atoms with van der Waals surface area (Å²) in [5.41, 5.74) is 2.69. The molecule has 1 aromatic heterocycles. The summed E-state index contributed by atoms with van der Waals surface area (Å²) in [6, 6.07) is 5.20. The van der Waals surface area contributed by atoms with Crippen LogP contribution in [0.4, 0.5) is 10.8 Å². The lowest BCUT2D eigenvalue weighted by Crippen LogP contribution is -2.32. The van der Waals surface area contributed by atoms with E-state index in [0.717, 1.165) is 16.9 Å². The minimum absolute atomic E-state index is 0.126. The zero-order valence-electron chi connectivity index (χ0n) is 11.5. The minimum atomic E-state index is -0.378. The van der Waals surface area contributed by atoms with Crippen LogP contribution in [-0.2, 0) is 4.79 Å². The van der Waals surface area contributed by atoms with Gasteiger partial charge in [-0.25, -0.2) is 4.98 Å². The Morgan fingerprint density at radius 3 is 2.80 bits per heavy atom. The van der Waals surface area contributed by atoms with Gasteiger partial charge >= 0.3 is 0 Å². The molecule has 2 rings (SSSR count). The average molecular weight is 310 g/mol. The maximum atomic E-state index is 12.1. The summed E-state index contributed by atoms with van der Waals surface area (Å²) in [5.74, 6) is -0.126. The molecule has 0 saturated carbocycles. The van der Waals surface area contributed by atoms with Gasteiger partial charge in [0, 0.05) is 16.1 Å². The molecule has 0 radical (unpaired) electrons. The number of nitrogens with one attached hydrogen (secondary N) is 2. The van der Waals surface area contributed by atoms with Crippen molar-refractivity contribution >= 4 is 39.7 Å². The summed E-state index contributed by atoms with van der Waals surface area (Å²) in [5, 5.41) is 9.14. The summed E-state index contributed by atoms with van der Waals surface area (Å²) >= 11 is 7.48. The van der Waals surface area contributed by atoms with E-state index in [0.29, 0.717) is 10.2 Å². The maximum absolute atomic E-state index is 12.1. The van der Waals surface area contributed by atoms with Gasteiger partial charge in [-0.05, 0) is 38.5 Å². The predicted molar refractivity (Wildman–Crippen MR) is 84.8 cm³/mol. The Kier molecular flexibility index (Phi) is 4.62. The van der Waals surface area contributed by atoms with Crippen LogP contribution in [0.5, 0.6) is 0 Å². The van der Waals surface area contributed by atoms with E-state index in [-0.39, 0.29) is 11.9 Å². The van der Waals surface area contributed by atoms with Crippen LogP contribution in [-0.4, -0.2) is 16.9 Å². The van der Waals surface area contributed by atoms with E-state index in [1.165, 1.54) is 11.3 Å². The van der Waals surface area contributed by atoms with Gasteiger partial charge < -0.3 is 10.6 Å². The monoisotopic (exact) mass is 309 g/mol. The van der Waals surface area contributed by atoms with Gasteiger partial charge in [0.15, 0.2) is 5.13 Å². The molecule has 1 heterocycles. The second kappa shape index (κ2) is 6.24. The van der Waals surface area contributed by atoms with Crippen LogP contribution in [0.25, 0.3) is 0 Å². The molecule has 0 fully saturated rings. The highest BCUT2D eigenvalue weighted by Crippen LogP contribution is 2.23. The van der Waals surface area contributed by atoms with Crippen LogP contribution < -0.4 is 10.6 Å². The summed E-state index contributed by atoms with van der Waals surface area (Å²) < 4.78 is 0. The lowest BCUT2D eigenvalue weighted by atomic mass is 10.2. The quantitative estimate of drug-likeness (QED) is 0.902. The molecule has 0 aliphatic heterocycles. The first kappa shape index (κ1) is 14.8. The Morgan fingerprint density at radius 1 is 1.40 bits per heavy atom. The fourth-order valence-electron chi connectivity index (χ4n) is 1.69. The van der Waals surface area contributed by atoms with Gasteiger partial charge in [0.1, 0.15) is 6.04 Å². The van der Waals surface area contributed by atoms with E-state index in [1.54, 1.807) is 6.92 Å². The Hall–Kier alpha value is -1.59. The fourth-order valence-corrected chi connectivity index (χ4v) is 2.55. The first-order valence-electron chi connectivity index (χ1n) is 6.22. The molecule has 20 heavy (non-hydrogen) atoms. The number of aryl methyl sites for hydroxylation is 1. The lowest BCUT2D eigenvalue weighted by molar-refractivity contribution is -0.116. The van der Waals surface area contributed by atoms with Gasteiger partial charge in [-0.1, -0.05) is 17.7 Å². The van der Waals surface area contributed by atoms with Gasteiger partial charge in [-0.15, -0.1) is 11.3 Å². The number of carbonyl (C=O) groups is 1. The first-order chi connectivity index (χ1) is 9.47. The van der Waals surface area contributed by atoms with Crippen molar-refractivity contribution < 1.29 is 4.79 Å². The Labute approximate surface area is 127 Å². The Morgan fingerprint density at radius 2 is 2.15 bits per heavy atom. The summed E-state index contributed by atoms with van der Waals surface area (Å²) in [6.45, 7) is 5.61. The van der Waals surface area contributed by atoms with Crippen molar-refractivity contribution in [2.24, 2.45) is 0 Å². The van der Waals surface area contributed by atoms with Gasteiger partial charge in [-0.3, -0.25) is 4.79 Å². The highest BCUT2D eigenvalue weighted by atomic mass is 35.5. The number of nitrogens with zero attached hydrogens (tertiary/aromatic N) is 1. The number of hydrogen-bond donors (Lipinski definition) is 2. The van der Waals surface area contributed by atoms with Crippen LogP contribution in [0.3, 0.4) is 0 Å². The van der Waals surface area contributed by atoms with Gasteiger partial charge in [0.2, 0.25) is 5.91 Å². The SMILES string of the molecule is Cc1csc(NC(=O)[C@@H](C)Nc2cccc(Cl)c2C)n1. The van der Waals surface area contributed by atoms with E-state index >= 15 is 0 Å². The molecule has 0 bridgehead atoms. The molecular weight excluding hydrogens is 294 g/mol. The average Bonchev–Trinajstić information content (AvgIpc) is 2.80. The van der Waals surface area contributed by atoms with E-state index in [9.17, 15) is 4.79 Å². The van der Waals surface area contributed by atoms with Crippen molar-refractivity contribution in [1.29, 1.82) is 0 Å². The molecule has 0 aliphatic carbocycles. The standard InChI is InChI=1S/C14H16ClN3OS/c1-8-7-20-14(16-8)18-13(19)10(3)17-12-6-4-5-11(15)9(12)2/h4-7,10,17H,1-3H3,(H,16,18,19)/t10-/m1/s1. The number of thiazole rings is 1. The van der Waals surface area contributed by atoms with Crippen molar-refractivity contribution in [2.45, 2.75) is 26.8 Å². The van der Waals surface area contributed by atoms with Crippen LogP contribution in [0.2, 0.25) is 5.02 Å². The third-order valence-electron chi connectivity index (χ3n) is 2.88. The number of benzene rings is 1. The molecule has 0 spiro atoms. The van der Waals surface area contributed by atoms with E-state index < -0.39 is 0 Å². The number of carbonyl (C=O) groups excluding carboxylic acids is 1. The lowest BCUT2D eigenvalue weighted by Gasteiger charge is -2.16. The number of halogens is 1. The molecule has 0 aliphatic rings. The minimum Gasteiger partial charge on any atom is -0.374 e. The van der Waals surface area contributed by atoms with Gasteiger partial charge in [0.05, 0.1) is 5.69 Å². The molecule has 106 valence electrons. The number of amides is 1. The van der Waals surface area contributed by atoms with Gasteiger partial charge in [-0.2, -0.15) is 0 Å². The first-order valence-corrected chi connectivity index (χ1v) is 7.48. The molecule has 0 saturated heterocycles. The third-order valence-corrected chi connectivity index (χ3v) is 4.17. The molecule has 1 aromatic carbocycles. The number of rotatable bonds is 4. The van der Waals surface area contributed by atoms with E-state index in [4.69, 9.17) is 11.6 Å². The predicted octanol–water partition coefficient (Wildman–Crippen LogP) is 3.85. The van der Waals surface area contributed by atoms with Crippen molar-refractivity contribution in [3.63, 3.8) is 0 Å². The van der Waals surface area contributed by atoms with Crippen LogP contribution >= 0.6 is 22.9 Å². The fraction of sp³-hybridized carbons (Fsp3) is 0.286. The topological polar surface area (TPSA) is 54.0 Å².